The number of amides is 1. The van der Waals surface area contributed by atoms with E-state index >= 15 is 0 Å². The van der Waals surface area contributed by atoms with Gasteiger partial charge in [0.25, 0.3) is 0 Å². The van der Waals surface area contributed by atoms with Crippen molar-refractivity contribution in [3.63, 3.8) is 0 Å². The molecule has 0 aliphatic carbocycles. The summed E-state index contributed by atoms with van der Waals surface area (Å²) in [5, 5.41) is 0. The van der Waals surface area contributed by atoms with Crippen molar-refractivity contribution in [1.29, 1.82) is 0 Å². The van der Waals surface area contributed by atoms with Gasteiger partial charge in [0.2, 0.25) is 5.91 Å². The maximum absolute atomic E-state index is 11.6. The molecule has 0 bridgehead atoms. The number of alkyl halides is 1. The molecule has 1 amide bonds. The van der Waals surface area contributed by atoms with Crippen molar-refractivity contribution in [3.8, 4) is 0 Å². The predicted octanol–water partition coefficient (Wildman–Crippen LogP) is 2.53. The Balaban J connectivity index is 1.88. The zero-order chi connectivity index (χ0) is 11.5. The molecule has 0 radical (unpaired) electrons. The number of hydrogen-bond acceptors (Lipinski definition) is 1. The van der Waals surface area contributed by atoms with Gasteiger partial charge in [-0.25, -0.2) is 0 Å². The number of nitrogens with zero attached hydrogens (tertiary/aromatic N) is 1. The summed E-state index contributed by atoms with van der Waals surface area (Å²) in [5.74, 6) is 0.272. The van der Waals surface area contributed by atoms with Crippen LogP contribution in [0.25, 0.3) is 0 Å². The summed E-state index contributed by atoms with van der Waals surface area (Å²) in [5.41, 5.74) is 2.58. The maximum atomic E-state index is 11.6. The molecule has 16 heavy (non-hydrogen) atoms. The second-order valence-corrected chi connectivity index (χ2v) is 5.67. The van der Waals surface area contributed by atoms with Gasteiger partial charge in [0.05, 0.1) is 0 Å². The molecule has 0 aromatic heterocycles. The molecule has 0 saturated carbocycles. The third kappa shape index (κ3) is 2.85. The summed E-state index contributed by atoms with van der Waals surface area (Å²) >= 11 is 3.49. The lowest BCUT2D eigenvalue weighted by atomic mass is 10.1. The Bertz CT molecular complexity index is 374. The topological polar surface area (TPSA) is 20.3 Å². The van der Waals surface area contributed by atoms with Crippen LogP contribution in [0, 0.1) is 6.92 Å². The molecule has 2 nitrogen and oxygen atoms in total. The quantitative estimate of drug-likeness (QED) is 0.780. The molecular formula is C13H16BrNO. The van der Waals surface area contributed by atoms with Crippen LogP contribution in [0.4, 0.5) is 0 Å². The molecule has 1 aromatic carbocycles. The molecule has 1 atom stereocenters. The van der Waals surface area contributed by atoms with Gasteiger partial charge in [-0.2, -0.15) is 0 Å². The number of carbonyl (C=O) groups excluding carboxylic acids is 1. The van der Waals surface area contributed by atoms with E-state index in [9.17, 15) is 4.79 Å². The molecule has 1 aliphatic rings. The first-order valence-corrected chi connectivity index (χ1v) is 6.54. The Morgan fingerprint density at radius 1 is 1.38 bits per heavy atom. The van der Waals surface area contributed by atoms with Crippen LogP contribution in [-0.4, -0.2) is 28.7 Å². The van der Waals surface area contributed by atoms with Gasteiger partial charge in [-0.05, 0) is 18.9 Å². The fourth-order valence-electron chi connectivity index (χ4n) is 1.96. The van der Waals surface area contributed by atoms with Gasteiger partial charge in [0, 0.05) is 24.3 Å². The lowest BCUT2D eigenvalue weighted by molar-refractivity contribution is -0.127. The first kappa shape index (κ1) is 11.6. The average molecular weight is 282 g/mol. The van der Waals surface area contributed by atoms with E-state index in [0.717, 1.165) is 19.5 Å². The third-order valence-corrected chi connectivity index (χ3v) is 3.57. The number of hydrogen-bond donors (Lipinski definition) is 0. The monoisotopic (exact) mass is 281 g/mol. The van der Waals surface area contributed by atoms with Crippen molar-refractivity contribution in [2.75, 3.05) is 13.1 Å². The van der Waals surface area contributed by atoms with E-state index in [4.69, 9.17) is 0 Å². The minimum Gasteiger partial charge on any atom is -0.341 e. The zero-order valence-electron chi connectivity index (χ0n) is 9.45. The lowest BCUT2D eigenvalue weighted by Gasteiger charge is -2.15. The first-order chi connectivity index (χ1) is 7.65. The van der Waals surface area contributed by atoms with Gasteiger partial charge in [0.1, 0.15) is 0 Å². The second-order valence-electron chi connectivity index (χ2n) is 4.38. The Hall–Kier alpha value is -0.830. The highest BCUT2D eigenvalue weighted by Crippen LogP contribution is 2.18. The number of carbonyl (C=O) groups is 1. The highest BCUT2D eigenvalue weighted by molar-refractivity contribution is 9.09. The molecule has 0 N–H and O–H groups in total. The first-order valence-electron chi connectivity index (χ1n) is 5.62. The summed E-state index contributed by atoms with van der Waals surface area (Å²) in [6, 6.07) is 8.52. The largest absolute Gasteiger partial charge is 0.341 e. The molecule has 1 aromatic rings. The smallest absolute Gasteiger partial charge is 0.223 e. The summed E-state index contributed by atoms with van der Waals surface area (Å²) in [6.07, 6.45) is 1.60. The van der Waals surface area contributed by atoms with Gasteiger partial charge >= 0.3 is 0 Å². The van der Waals surface area contributed by atoms with Crippen molar-refractivity contribution >= 4 is 21.8 Å². The van der Waals surface area contributed by atoms with Gasteiger partial charge in [-0.15, -0.1) is 0 Å². The highest BCUT2D eigenvalue weighted by atomic mass is 79.9. The van der Waals surface area contributed by atoms with Crippen LogP contribution in [0.1, 0.15) is 17.5 Å². The van der Waals surface area contributed by atoms with Crippen molar-refractivity contribution in [2.24, 2.45) is 0 Å². The van der Waals surface area contributed by atoms with Gasteiger partial charge in [-0.3, -0.25) is 4.79 Å². The minimum atomic E-state index is 0.272. The molecular weight excluding hydrogens is 266 g/mol. The van der Waals surface area contributed by atoms with Crippen LogP contribution in [0.2, 0.25) is 0 Å². The van der Waals surface area contributed by atoms with Gasteiger partial charge in [-0.1, -0.05) is 45.8 Å². The van der Waals surface area contributed by atoms with Crippen LogP contribution in [0.3, 0.4) is 0 Å². The lowest BCUT2D eigenvalue weighted by Crippen LogP contribution is -2.27. The van der Waals surface area contributed by atoms with E-state index in [1.54, 1.807) is 0 Å². The van der Waals surface area contributed by atoms with Crippen molar-refractivity contribution in [1.82, 2.24) is 4.90 Å². The summed E-state index contributed by atoms with van der Waals surface area (Å²) in [6.45, 7) is 3.78. The van der Waals surface area contributed by atoms with E-state index in [0.29, 0.717) is 11.2 Å². The van der Waals surface area contributed by atoms with Crippen LogP contribution in [0.15, 0.2) is 24.3 Å². The molecule has 1 heterocycles. The molecule has 1 aliphatic heterocycles. The number of aryl methyl sites for hydroxylation is 1. The normalized spacial score (nSPS) is 20.5. The number of rotatable bonds is 3. The van der Waals surface area contributed by atoms with E-state index in [1.165, 1.54) is 11.1 Å². The molecule has 1 fully saturated rings. The standard InChI is InChI=1S/C13H16BrNO/c1-10-2-4-11(5-3-10)6-7-15-9-12(14)8-13(15)16/h2-5,12H,6-9H2,1H3. The summed E-state index contributed by atoms with van der Waals surface area (Å²) < 4.78 is 0. The molecule has 3 heteroatoms. The third-order valence-electron chi connectivity index (χ3n) is 2.96. The zero-order valence-corrected chi connectivity index (χ0v) is 11.0. The Morgan fingerprint density at radius 3 is 2.62 bits per heavy atom. The molecule has 1 unspecified atom stereocenters. The molecule has 1 saturated heterocycles. The Labute approximate surface area is 105 Å². The van der Waals surface area contributed by atoms with Crippen LogP contribution in [-0.2, 0) is 11.2 Å². The van der Waals surface area contributed by atoms with Crippen LogP contribution >= 0.6 is 15.9 Å². The second kappa shape index (κ2) is 5.00. The Morgan fingerprint density at radius 2 is 2.06 bits per heavy atom. The summed E-state index contributed by atoms with van der Waals surface area (Å²) in [4.78, 5) is 13.8. The Kier molecular flexibility index (Phi) is 3.64. The van der Waals surface area contributed by atoms with Gasteiger partial charge in [0.15, 0.2) is 0 Å². The van der Waals surface area contributed by atoms with Crippen molar-refractivity contribution in [2.45, 2.75) is 24.6 Å². The summed E-state index contributed by atoms with van der Waals surface area (Å²) in [7, 11) is 0. The van der Waals surface area contributed by atoms with Crippen LogP contribution < -0.4 is 0 Å². The van der Waals surface area contributed by atoms with E-state index < -0.39 is 0 Å². The van der Waals surface area contributed by atoms with E-state index in [2.05, 4.69) is 47.1 Å². The van der Waals surface area contributed by atoms with E-state index in [1.807, 2.05) is 4.90 Å². The average Bonchev–Trinajstić information content (AvgIpc) is 2.57. The minimum absolute atomic E-state index is 0.272. The van der Waals surface area contributed by atoms with Crippen molar-refractivity contribution in [3.05, 3.63) is 35.4 Å². The molecule has 2 rings (SSSR count). The highest BCUT2D eigenvalue weighted by Gasteiger charge is 2.26. The SMILES string of the molecule is Cc1ccc(CCN2CC(Br)CC2=O)cc1. The molecule has 86 valence electrons. The van der Waals surface area contributed by atoms with Gasteiger partial charge < -0.3 is 4.90 Å². The maximum Gasteiger partial charge on any atom is 0.223 e. The fourth-order valence-corrected chi connectivity index (χ4v) is 2.59. The van der Waals surface area contributed by atoms with Crippen LogP contribution in [0.5, 0.6) is 0 Å². The fraction of sp³-hybridized carbons (Fsp3) is 0.462. The number of benzene rings is 1. The molecule has 0 spiro atoms. The van der Waals surface area contributed by atoms with E-state index in [-0.39, 0.29) is 5.91 Å². The predicted molar refractivity (Wildman–Crippen MR) is 68.8 cm³/mol. The number of halogens is 1. The number of likely N-dealkylation sites (tertiary alicyclic amines) is 1. The van der Waals surface area contributed by atoms with Crippen molar-refractivity contribution < 1.29 is 4.79 Å².